The number of anilines is 2. The standard InChI is InChI=1S/C21H26F3N7O3/c1-13(28-16-10-27-29-19(33)18(16)21(22,23)24)11-34-12-17(32)30-4-6-31(7-5-30)20-25-8-15(9-26-20)14-2-3-14/h8-10,13-14H,2-7,11-12H2,1H3,(H2,28,29,33)/t13-/m0/s1. The Bertz CT molecular complexity index is 1050. The second-order valence-electron chi connectivity index (χ2n) is 8.50. The summed E-state index contributed by atoms with van der Waals surface area (Å²) in [7, 11) is 0. The zero-order valence-electron chi connectivity index (χ0n) is 18.6. The SMILES string of the molecule is C[C@@H](COCC(=O)N1CCN(c2ncc(C3CC3)cn2)CC1)Nc1cn[nH]c(=O)c1C(F)(F)F. The highest BCUT2D eigenvalue weighted by molar-refractivity contribution is 5.77. The molecule has 4 rings (SSSR count). The minimum atomic E-state index is -4.83. The third-order valence-electron chi connectivity index (χ3n) is 5.76. The zero-order valence-corrected chi connectivity index (χ0v) is 18.6. The van der Waals surface area contributed by atoms with Gasteiger partial charge in [-0.25, -0.2) is 15.1 Å². The molecule has 13 heteroatoms. The van der Waals surface area contributed by atoms with Gasteiger partial charge in [0.2, 0.25) is 11.9 Å². The van der Waals surface area contributed by atoms with E-state index >= 15 is 0 Å². The van der Waals surface area contributed by atoms with Crippen molar-refractivity contribution in [2.75, 3.05) is 49.6 Å². The highest BCUT2D eigenvalue weighted by Gasteiger charge is 2.37. The zero-order chi connectivity index (χ0) is 24.3. The maximum Gasteiger partial charge on any atom is 0.423 e. The number of aromatic amines is 1. The van der Waals surface area contributed by atoms with Crippen LogP contribution >= 0.6 is 0 Å². The van der Waals surface area contributed by atoms with Gasteiger partial charge in [0.05, 0.1) is 18.5 Å². The summed E-state index contributed by atoms with van der Waals surface area (Å²) in [5.41, 5.74) is -1.95. The van der Waals surface area contributed by atoms with Crippen LogP contribution in [0.3, 0.4) is 0 Å². The third kappa shape index (κ3) is 5.82. The molecule has 0 bridgehead atoms. The molecular formula is C21H26F3N7O3. The fourth-order valence-corrected chi connectivity index (χ4v) is 3.79. The molecule has 1 atom stereocenters. The van der Waals surface area contributed by atoms with Crippen molar-refractivity contribution in [1.29, 1.82) is 0 Å². The number of rotatable bonds is 8. The van der Waals surface area contributed by atoms with Gasteiger partial charge < -0.3 is 19.9 Å². The maximum absolute atomic E-state index is 13.1. The Kier molecular flexibility index (Phi) is 7.00. The molecule has 0 radical (unpaired) electrons. The first-order chi connectivity index (χ1) is 16.2. The first kappa shape index (κ1) is 23.9. The van der Waals surface area contributed by atoms with Crippen molar-refractivity contribution in [3.63, 3.8) is 0 Å². The van der Waals surface area contributed by atoms with Gasteiger partial charge in [0.15, 0.2) is 0 Å². The van der Waals surface area contributed by atoms with Gasteiger partial charge in [0.1, 0.15) is 12.2 Å². The van der Waals surface area contributed by atoms with Gasteiger partial charge in [-0.1, -0.05) is 0 Å². The quantitative estimate of drug-likeness (QED) is 0.585. The summed E-state index contributed by atoms with van der Waals surface area (Å²) in [6, 6.07) is -0.592. The molecule has 10 nitrogen and oxygen atoms in total. The van der Waals surface area contributed by atoms with E-state index < -0.39 is 29.0 Å². The van der Waals surface area contributed by atoms with E-state index in [1.54, 1.807) is 16.9 Å². The van der Waals surface area contributed by atoms with Crippen molar-refractivity contribution in [1.82, 2.24) is 25.1 Å². The minimum absolute atomic E-state index is 0.0308. The first-order valence-electron chi connectivity index (χ1n) is 11.1. The van der Waals surface area contributed by atoms with Gasteiger partial charge >= 0.3 is 6.18 Å². The highest BCUT2D eigenvalue weighted by atomic mass is 19.4. The van der Waals surface area contributed by atoms with Gasteiger partial charge in [-0.15, -0.1) is 0 Å². The van der Waals surface area contributed by atoms with E-state index in [9.17, 15) is 22.8 Å². The summed E-state index contributed by atoms with van der Waals surface area (Å²) >= 11 is 0. The van der Waals surface area contributed by atoms with Crippen LogP contribution in [0, 0.1) is 0 Å². The molecule has 1 amide bonds. The number of halogens is 3. The lowest BCUT2D eigenvalue weighted by molar-refractivity contribution is -0.138. The van der Waals surface area contributed by atoms with Crippen LogP contribution < -0.4 is 15.8 Å². The molecule has 1 saturated heterocycles. The van der Waals surface area contributed by atoms with Gasteiger partial charge in [0.25, 0.3) is 5.56 Å². The molecule has 2 aromatic rings. The van der Waals surface area contributed by atoms with Crippen LogP contribution in [0.25, 0.3) is 0 Å². The lowest BCUT2D eigenvalue weighted by Crippen LogP contribution is -2.50. The van der Waals surface area contributed by atoms with E-state index in [1.807, 2.05) is 17.3 Å². The number of ether oxygens (including phenoxy) is 1. The van der Waals surface area contributed by atoms with Crippen LogP contribution in [0.1, 0.15) is 36.8 Å². The van der Waals surface area contributed by atoms with E-state index in [0.717, 1.165) is 6.20 Å². The predicted octanol–water partition coefficient (Wildman–Crippen LogP) is 1.62. The van der Waals surface area contributed by atoms with Gasteiger partial charge in [-0.05, 0) is 31.2 Å². The van der Waals surface area contributed by atoms with Crippen LogP contribution in [0.15, 0.2) is 23.4 Å². The molecule has 184 valence electrons. The molecule has 1 aliphatic heterocycles. The predicted molar refractivity (Wildman–Crippen MR) is 117 cm³/mol. The van der Waals surface area contributed by atoms with E-state index in [-0.39, 0.29) is 19.1 Å². The number of aromatic nitrogens is 4. The molecule has 34 heavy (non-hydrogen) atoms. The highest BCUT2D eigenvalue weighted by Crippen LogP contribution is 2.39. The number of carbonyl (C=O) groups excluding carboxylic acids is 1. The Hall–Kier alpha value is -3.22. The molecule has 3 heterocycles. The van der Waals surface area contributed by atoms with Crippen molar-refractivity contribution in [2.24, 2.45) is 0 Å². The Morgan fingerprint density at radius 3 is 2.50 bits per heavy atom. The second-order valence-corrected chi connectivity index (χ2v) is 8.50. The number of alkyl halides is 3. The number of carbonyl (C=O) groups is 1. The topological polar surface area (TPSA) is 116 Å². The number of H-pyrrole nitrogens is 1. The van der Waals surface area contributed by atoms with Crippen molar-refractivity contribution >= 4 is 17.5 Å². The third-order valence-corrected chi connectivity index (χ3v) is 5.76. The fraction of sp³-hybridized carbons (Fsp3) is 0.571. The summed E-state index contributed by atoms with van der Waals surface area (Å²) < 4.78 is 44.8. The van der Waals surface area contributed by atoms with Gasteiger partial charge in [0, 0.05) is 44.6 Å². The first-order valence-corrected chi connectivity index (χ1v) is 11.1. The van der Waals surface area contributed by atoms with E-state index in [4.69, 9.17) is 4.74 Å². The smallest absolute Gasteiger partial charge is 0.378 e. The van der Waals surface area contributed by atoms with Crippen LogP contribution in [0.4, 0.5) is 24.8 Å². The average molecular weight is 481 g/mol. The summed E-state index contributed by atoms with van der Waals surface area (Å²) in [5.74, 6) is 1.05. The van der Waals surface area contributed by atoms with Crippen molar-refractivity contribution in [2.45, 2.75) is 37.9 Å². The Labute approximate surface area is 193 Å². The minimum Gasteiger partial charge on any atom is -0.378 e. The van der Waals surface area contributed by atoms with E-state index in [2.05, 4.69) is 20.4 Å². The van der Waals surface area contributed by atoms with Crippen molar-refractivity contribution in [3.05, 3.63) is 40.1 Å². The van der Waals surface area contributed by atoms with Crippen LogP contribution in [0.5, 0.6) is 0 Å². The number of hydrogen-bond donors (Lipinski definition) is 2. The summed E-state index contributed by atoms with van der Waals surface area (Å²) in [6.07, 6.45) is 2.20. The van der Waals surface area contributed by atoms with E-state index in [1.165, 1.54) is 18.4 Å². The Balaban J connectivity index is 1.20. The lowest BCUT2D eigenvalue weighted by Gasteiger charge is -2.34. The van der Waals surface area contributed by atoms with Crippen molar-refractivity contribution < 1.29 is 22.7 Å². The van der Waals surface area contributed by atoms with Gasteiger partial charge in [-0.3, -0.25) is 9.59 Å². The number of hydrogen-bond acceptors (Lipinski definition) is 8. The maximum atomic E-state index is 13.1. The molecule has 0 aromatic carbocycles. The molecule has 2 aromatic heterocycles. The molecule has 2 aliphatic rings. The largest absolute Gasteiger partial charge is 0.423 e. The molecule has 2 N–H and O–H groups in total. The lowest BCUT2D eigenvalue weighted by atomic mass is 10.2. The monoisotopic (exact) mass is 481 g/mol. The summed E-state index contributed by atoms with van der Waals surface area (Å²) in [6.45, 7) is 3.55. The number of piperazine rings is 1. The summed E-state index contributed by atoms with van der Waals surface area (Å²) in [4.78, 5) is 36.6. The molecule has 0 unspecified atom stereocenters. The fourth-order valence-electron chi connectivity index (χ4n) is 3.79. The molecule has 2 fully saturated rings. The number of nitrogens with one attached hydrogen (secondary N) is 2. The van der Waals surface area contributed by atoms with Crippen molar-refractivity contribution in [3.8, 4) is 0 Å². The summed E-state index contributed by atoms with van der Waals surface area (Å²) in [5, 5.41) is 7.77. The second kappa shape index (κ2) is 9.95. The van der Waals surface area contributed by atoms with E-state index in [0.29, 0.717) is 38.0 Å². The van der Waals surface area contributed by atoms with Gasteiger partial charge in [-0.2, -0.15) is 18.3 Å². The Morgan fingerprint density at radius 2 is 1.88 bits per heavy atom. The normalized spacial score (nSPS) is 17.5. The van der Waals surface area contributed by atoms with Crippen LogP contribution in [0.2, 0.25) is 0 Å². The molecule has 0 spiro atoms. The average Bonchev–Trinajstić information content (AvgIpc) is 3.64. The molecule has 1 aliphatic carbocycles. The molecular weight excluding hydrogens is 455 g/mol. The Morgan fingerprint density at radius 1 is 1.21 bits per heavy atom. The van der Waals surface area contributed by atoms with Crippen LogP contribution in [-0.4, -0.2) is 76.4 Å². The molecule has 1 saturated carbocycles. The van der Waals surface area contributed by atoms with Crippen LogP contribution in [-0.2, 0) is 15.7 Å². The number of amides is 1. The number of nitrogens with zero attached hydrogens (tertiary/aromatic N) is 5.